The van der Waals surface area contributed by atoms with Gasteiger partial charge in [0.1, 0.15) is 4.62 Å². The van der Waals surface area contributed by atoms with Gasteiger partial charge >= 0.3 is 0 Å². The molecule has 1 spiro atoms. The van der Waals surface area contributed by atoms with Gasteiger partial charge in [-0.15, -0.1) is 0 Å². The Bertz CT molecular complexity index is 164. The Morgan fingerprint density at radius 1 is 1.67 bits per heavy atom. The van der Waals surface area contributed by atoms with E-state index in [9.17, 15) is 0 Å². The summed E-state index contributed by atoms with van der Waals surface area (Å²) in [7, 11) is 0. The van der Waals surface area contributed by atoms with Crippen molar-refractivity contribution in [2.45, 2.75) is 12.0 Å². The quantitative estimate of drug-likeness (QED) is 0.603. The number of rotatable bonds is 0. The fourth-order valence-electron chi connectivity index (χ4n) is 1.07. The molecule has 0 atom stereocenters. The maximum atomic E-state index is 5.17. The monoisotopic (exact) mass is 190 g/mol. The van der Waals surface area contributed by atoms with Crippen LogP contribution in [0.4, 0.5) is 0 Å². The molecule has 0 bridgehead atoms. The lowest BCUT2D eigenvalue weighted by atomic mass is 9.94. The fraction of sp³-hybridized carbons (Fsp3) is 0.800. The van der Waals surface area contributed by atoms with E-state index in [2.05, 4.69) is 26.4 Å². The third-order valence-electron chi connectivity index (χ3n) is 1.70. The molecule has 1 N–H and O–H groups in total. The molecule has 0 aromatic heterocycles. The number of hydrogen-bond acceptors (Lipinski definition) is 3. The summed E-state index contributed by atoms with van der Waals surface area (Å²) in [5.74, 6) is 0. The van der Waals surface area contributed by atoms with E-state index in [1.807, 2.05) is 0 Å². The smallest absolute Gasteiger partial charge is 0.168 e. The van der Waals surface area contributed by atoms with Gasteiger partial charge in [-0.2, -0.15) is 0 Å². The summed E-state index contributed by atoms with van der Waals surface area (Å²) < 4.78 is 0.934. The largest absolute Gasteiger partial charge is 0.385 e. The molecule has 0 aromatic rings. The molecule has 0 aliphatic carbocycles. The van der Waals surface area contributed by atoms with Gasteiger partial charge < -0.3 is 10.2 Å². The van der Waals surface area contributed by atoms with Crippen LogP contribution >= 0.6 is 15.9 Å². The first kappa shape index (κ1) is 5.68. The lowest BCUT2D eigenvalue weighted by Gasteiger charge is -2.35. The summed E-state index contributed by atoms with van der Waals surface area (Å²) in [5.41, 5.74) is 0.0266. The van der Waals surface area contributed by atoms with Crippen LogP contribution in [0.3, 0.4) is 0 Å². The van der Waals surface area contributed by atoms with E-state index in [1.54, 1.807) is 0 Å². The minimum Gasteiger partial charge on any atom is -0.385 e. The van der Waals surface area contributed by atoms with Crippen LogP contribution in [-0.4, -0.2) is 23.3 Å². The highest BCUT2D eigenvalue weighted by molar-refractivity contribution is 9.18. The summed E-state index contributed by atoms with van der Waals surface area (Å²) in [6.07, 6.45) is 0.931. The van der Waals surface area contributed by atoms with Gasteiger partial charge in [0.2, 0.25) is 0 Å². The SMILES string of the molecule is BrC1=NOC2(CNC2)C1. The van der Waals surface area contributed by atoms with Crippen molar-refractivity contribution < 1.29 is 4.84 Å². The van der Waals surface area contributed by atoms with Crippen LogP contribution < -0.4 is 5.32 Å². The first-order chi connectivity index (χ1) is 4.31. The molecular formula is C5H7BrN2O. The first-order valence-electron chi connectivity index (χ1n) is 2.92. The molecular weight excluding hydrogens is 184 g/mol. The predicted octanol–water partition coefficient (Wildman–Crippen LogP) is 0.457. The zero-order chi connectivity index (χ0) is 6.32. The normalized spacial score (nSPS) is 29.2. The second kappa shape index (κ2) is 1.70. The predicted molar refractivity (Wildman–Crippen MR) is 37.7 cm³/mol. The van der Waals surface area contributed by atoms with Crippen molar-refractivity contribution in [2.24, 2.45) is 5.16 Å². The Labute approximate surface area is 61.6 Å². The van der Waals surface area contributed by atoms with Gasteiger partial charge in [-0.05, 0) is 15.9 Å². The van der Waals surface area contributed by atoms with Crippen molar-refractivity contribution in [1.82, 2.24) is 5.32 Å². The molecule has 2 rings (SSSR count). The van der Waals surface area contributed by atoms with Gasteiger partial charge in [-0.3, -0.25) is 0 Å². The highest BCUT2D eigenvalue weighted by atomic mass is 79.9. The topological polar surface area (TPSA) is 33.6 Å². The Morgan fingerprint density at radius 2 is 2.44 bits per heavy atom. The first-order valence-corrected chi connectivity index (χ1v) is 3.71. The van der Waals surface area contributed by atoms with Gasteiger partial charge in [0.25, 0.3) is 0 Å². The Balaban J connectivity index is 2.05. The summed E-state index contributed by atoms with van der Waals surface area (Å²) in [5, 5.41) is 6.95. The van der Waals surface area contributed by atoms with Crippen molar-refractivity contribution in [3.63, 3.8) is 0 Å². The molecule has 50 valence electrons. The van der Waals surface area contributed by atoms with Crippen molar-refractivity contribution in [3.05, 3.63) is 0 Å². The van der Waals surface area contributed by atoms with Crippen LogP contribution in [0.1, 0.15) is 6.42 Å². The molecule has 4 heteroatoms. The second-order valence-electron chi connectivity index (χ2n) is 2.52. The van der Waals surface area contributed by atoms with Gasteiger partial charge in [0.15, 0.2) is 5.60 Å². The standard InChI is InChI=1S/C5H7BrN2O/c6-4-1-5(9-8-4)2-7-3-5/h7H,1-3H2. The fourth-order valence-corrected chi connectivity index (χ4v) is 1.65. The Kier molecular flexibility index (Phi) is 1.07. The van der Waals surface area contributed by atoms with E-state index in [-0.39, 0.29) is 5.60 Å². The van der Waals surface area contributed by atoms with E-state index in [1.165, 1.54) is 0 Å². The van der Waals surface area contributed by atoms with E-state index >= 15 is 0 Å². The molecule has 9 heavy (non-hydrogen) atoms. The van der Waals surface area contributed by atoms with E-state index in [0.29, 0.717) is 0 Å². The lowest BCUT2D eigenvalue weighted by molar-refractivity contribution is -0.0559. The van der Waals surface area contributed by atoms with Crippen LogP contribution in [0.25, 0.3) is 0 Å². The number of nitrogens with one attached hydrogen (secondary N) is 1. The summed E-state index contributed by atoms with van der Waals surface area (Å²) >= 11 is 3.29. The van der Waals surface area contributed by atoms with Crippen LogP contribution in [-0.2, 0) is 4.84 Å². The highest BCUT2D eigenvalue weighted by Crippen LogP contribution is 2.29. The molecule has 1 saturated heterocycles. The molecule has 0 unspecified atom stereocenters. The lowest BCUT2D eigenvalue weighted by Crippen LogP contribution is -2.59. The number of hydrogen-bond donors (Lipinski definition) is 1. The number of oxime groups is 1. The molecule has 1 fully saturated rings. The van der Waals surface area contributed by atoms with Gasteiger partial charge in [0.05, 0.1) is 0 Å². The molecule has 2 heterocycles. The zero-order valence-electron chi connectivity index (χ0n) is 4.85. The molecule has 3 nitrogen and oxygen atoms in total. The van der Waals surface area contributed by atoms with Crippen molar-refractivity contribution in [2.75, 3.05) is 13.1 Å². The maximum Gasteiger partial charge on any atom is 0.168 e. The van der Waals surface area contributed by atoms with Crippen molar-refractivity contribution in [1.29, 1.82) is 0 Å². The Morgan fingerprint density at radius 3 is 2.67 bits per heavy atom. The van der Waals surface area contributed by atoms with Gasteiger partial charge in [-0.25, -0.2) is 0 Å². The summed E-state index contributed by atoms with van der Waals surface area (Å²) in [6.45, 7) is 1.87. The van der Waals surface area contributed by atoms with Gasteiger partial charge in [0, 0.05) is 19.5 Å². The van der Waals surface area contributed by atoms with E-state index < -0.39 is 0 Å². The minimum atomic E-state index is 0.0266. The van der Waals surface area contributed by atoms with E-state index in [0.717, 1.165) is 24.1 Å². The third kappa shape index (κ3) is 0.773. The third-order valence-corrected chi connectivity index (χ3v) is 2.13. The number of nitrogens with zero attached hydrogens (tertiary/aromatic N) is 1. The van der Waals surface area contributed by atoms with Crippen molar-refractivity contribution >= 4 is 20.6 Å². The molecule has 0 saturated carbocycles. The summed E-state index contributed by atoms with van der Waals surface area (Å²) in [4.78, 5) is 5.17. The molecule has 2 aliphatic heterocycles. The van der Waals surface area contributed by atoms with Crippen LogP contribution in [0.15, 0.2) is 5.16 Å². The molecule has 0 aromatic carbocycles. The van der Waals surface area contributed by atoms with Crippen LogP contribution in [0.5, 0.6) is 0 Å². The molecule has 0 amide bonds. The van der Waals surface area contributed by atoms with Gasteiger partial charge in [-0.1, -0.05) is 5.16 Å². The van der Waals surface area contributed by atoms with E-state index in [4.69, 9.17) is 4.84 Å². The zero-order valence-corrected chi connectivity index (χ0v) is 6.44. The minimum absolute atomic E-state index is 0.0266. The summed E-state index contributed by atoms with van der Waals surface area (Å²) in [6, 6.07) is 0. The maximum absolute atomic E-state index is 5.17. The average molecular weight is 191 g/mol. The van der Waals surface area contributed by atoms with Crippen LogP contribution in [0.2, 0.25) is 0 Å². The highest BCUT2D eigenvalue weighted by Gasteiger charge is 2.44. The average Bonchev–Trinajstić information content (AvgIpc) is 2.09. The second-order valence-corrected chi connectivity index (χ2v) is 3.44. The molecule has 2 aliphatic rings. The van der Waals surface area contributed by atoms with Crippen LogP contribution in [0, 0.1) is 0 Å². The Hall–Kier alpha value is -0.0900. The van der Waals surface area contributed by atoms with Crippen molar-refractivity contribution in [3.8, 4) is 0 Å². The molecule has 0 radical (unpaired) electrons. The number of halogens is 1.